The lowest BCUT2D eigenvalue weighted by atomic mass is 10.1. The number of carbonyl (C=O) groups is 1. The highest BCUT2D eigenvalue weighted by atomic mass is 16.6. The number of nitro groups is 1. The van der Waals surface area contributed by atoms with E-state index in [0.29, 0.717) is 5.69 Å². The molecule has 0 unspecified atom stereocenters. The van der Waals surface area contributed by atoms with Crippen molar-refractivity contribution in [2.75, 3.05) is 5.32 Å². The monoisotopic (exact) mass is 252 g/mol. The Morgan fingerprint density at radius 1 is 1.56 bits per heavy atom. The molecule has 0 saturated heterocycles. The summed E-state index contributed by atoms with van der Waals surface area (Å²) in [5.41, 5.74) is 0.113. The van der Waals surface area contributed by atoms with Gasteiger partial charge in [0.2, 0.25) is 0 Å². The van der Waals surface area contributed by atoms with Gasteiger partial charge < -0.3 is 10.4 Å². The summed E-state index contributed by atoms with van der Waals surface area (Å²) in [7, 11) is 0. The van der Waals surface area contributed by atoms with E-state index in [2.05, 4.69) is 5.32 Å². The van der Waals surface area contributed by atoms with E-state index in [0.717, 1.165) is 18.9 Å². The Bertz CT molecular complexity index is 459. The van der Waals surface area contributed by atoms with Crippen LogP contribution in [0.2, 0.25) is 0 Å². The number of nitrogens with zero attached hydrogens (tertiary/aromatic N) is 1. The standard InChI is InChI=1S/C12H16N2O4/c1-3-4-8(2)13-11-6-5-9(14(17)18)7-10(11)12(15)16/h5-8,13H,3-4H2,1-2H3,(H,15,16)/t8-/m0/s1. The maximum atomic E-state index is 11.1. The van der Waals surface area contributed by atoms with Gasteiger partial charge in [0.25, 0.3) is 5.69 Å². The molecule has 0 aliphatic heterocycles. The lowest BCUT2D eigenvalue weighted by molar-refractivity contribution is -0.384. The van der Waals surface area contributed by atoms with Gasteiger partial charge >= 0.3 is 5.97 Å². The molecular formula is C12H16N2O4. The molecular weight excluding hydrogens is 236 g/mol. The van der Waals surface area contributed by atoms with Crippen LogP contribution in [0.4, 0.5) is 11.4 Å². The van der Waals surface area contributed by atoms with E-state index in [1.54, 1.807) is 0 Å². The van der Waals surface area contributed by atoms with Gasteiger partial charge in [0, 0.05) is 23.9 Å². The molecule has 0 spiro atoms. The summed E-state index contributed by atoms with van der Waals surface area (Å²) >= 11 is 0. The molecule has 0 heterocycles. The summed E-state index contributed by atoms with van der Waals surface area (Å²) in [4.78, 5) is 21.1. The normalized spacial score (nSPS) is 11.9. The lowest BCUT2D eigenvalue weighted by Gasteiger charge is -2.15. The van der Waals surface area contributed by atoms with Crippen LogP contribution in [0, 0.1) is 10.1 Å². The minimum Gasteiger partial charge on any atom is -0.478 e. The maximum absolute atomic E-state index is 11.1. The number of benzene rings is 1. The van der Waals surface area contributed by atoms with Gasteiger partial charge in [-0.2, -0.15) is 0 Å². The highest BCUT2D eigenvalue weighted by Crippen LogP contribution is 2.23. The molecule has 1 aromatic carbocycles. The quantitative estimate of drug-likeness (QED) is 0.599. The first kappa shape index (κ1) is 14.0. The second-order valence-corrected chi connectivity index (χ2v) is 4.13. The van der Waals surface area contributed by atoms with Gasteiger partial charge in [-0.25, -0.2) is 4.79 Å². The molecule has 0 radical (unpaired) electrons. The smallest absolute Gasteiger partial charge is 0.338 e. The highest BCUT2D eigenvalue weighted by molar-refractivity contribution is 5.95. The van der Waals surface area contributed by atoms with Gasteiger partial charge in [0.15, 0.2) is 0 Å². The van der Waals surface area contributed by atoms with Crippen molar-refractivity contribution in [2.24, 2.45) is 0 Å². The fraction of sp³-hybridized carbons (Fsp3) is 0.417. The van der Waals surface area contributed by atoms with E-state index in [4.69, 9.17) is 5.11 Å². The first-order valence-corrected chi connectivity index (χ1v) is 5.74. The number of hydrogen-bond donors (Lipinski definition) is 2. The number of non-ortho nitro benzene ring substituents is 1. The number of aromatic carboxylic acids is 1. The predicted molar refractivity (Wildman–Crippen MR) is 68.0 cm³/mol. The van der Waals surface area contributed by atoms with Gasteiger partial charge in [0.1, 0.15) is 0 Å². The second kappa shape index (κ2) is 6.00. The summed E-state index contributed by atoms with van der Waals surface area (Å²) in [5, 5.41) is 22.7. The summed E-state index contributed by atoms with van der Waals surface area (Å²) in [6, 6.07) is 3.93. The topological polar surface area (TPSA) is 92.5 Å². The van der Waals surface area contributed by atoms with Crippen LogP contribution in [0.1, 0.15) is 37.0 Å². The first-order valence-electron chi connectivity index (χ1n) is 5.74. The molecule has 0 aromatic heterocycles. The Morgan fingerprint density at radius 3 is 2.72 bits per heavy atom. The summed E-state index contributed by atoms with van der Waals surface area (Å²) in [6.07, 6.45) is 1.87. The molecule has 1 atom stereocenters. The molecule has 0 amide bonds. The van der Waals surface area contributed by atoms with Crippen molar-refractivity contribution in [3.8, 4) is 0 Å². The predicted octanol–water partition coefficient (Wildman–Crippen LogP) is 2.89. The lowest BCUT2D eigenvalue weighted by Crippen LogP contribution is -2.17. The molecule has 2 N–H and O–H groups in total. The van der Waals surface area contributed by atoms with Crippen LogP contribution in [0.25, 0.3) is 0 Å². The van der Waals surface area contributed by atoms with Crippen molar-refractivity contribution in [3.05, 3.63) is 33.9 Å². The van der Waals surface area contributed by atoms with Gasteiger partial charge in [-0.15, -0.1) is 0 Å². The molecule has 6 nitrogen and oxygen atoms in total. The van der Waals surface area contributed by atoms with E-state index in [9.17, 15) is 14.9 Å². The van der Waals surface area contributed by atoms with E-state index < -0.39 is 10.9 Å². The van der Waals surface area contributed by atoms with Crippen LogP contribution in [0.15, 0.2) is 18.2 Å². The first-order chi connectivity index (χ1) is 8.45. The Morgan fingerprint density at radius 2 is 2.22 bits per heavy atom. The summed E-state index contributed by atoms with van der Waals surface area (Å²) < 4.78 is 0. The minimum absolute atomic E-state index is 0.0767. The third-order valence-electron chi connectivity index (χ3n) is 2.57. The molecule has 0 bridgehead atoms. The average Bonchev–Trinajstić information content (AvgIpc) is 2.29. The number of anilines is 1. The largest absolute Gasteiger partial charge is 0.478 e. The molecule has 6 heteroatoms. The zero-order valence-corrected chi connectivity index (χ0v) is 10.3. The summed E-state index contributed by atoms with van der Waals surface area (Å²) in [5.74, 6) is -1.18. The molecule has 98 valence electrons. The van der Waals surface area contributed by atoms with Gasteiger partial charge in [-0.05, 0) is 19.4 Å². The number of carboxylic acid groups (broad SMARTS) is 1. The third kappa shape index (κ3) is 3.44. The Balaban J connectivity index is 3.04. The van der Waals surface area contributed by atoms with Crippen LogP contribution in [0.5, 0.6) is 0 Å². The Kier molecular flexibility index (Phi) is 4.65. The molecule has 1 aromatic rings. The van der Waals surface area contributed by atoms with Crippen molar-refractivity contribution in [3.63, 3.8) is 0 Å². The average molecular weight is 252 g/mol. The Hall–Kier alpha value is -2.11. The van der Waals surface area contributed by atoms with Crippen LogP contribution in [-0.4, -0.2) is 22.0 Å². The van der Waals surface area contributed by atoms with E-state index in [-0.39, 0.29) is 17.3 Å². The molecule has 0 saturated carbocycles. The third-order valence-corrected chi connectivity index (χ3v) is 2.57. The molecule has 18 heavy (non-hydrogen) atoms. The maximum Gasteiger partial charge on any atom is 0.338 e. The van der Waals surface area contributed by atoms with Crippen molar-refractivity contribution in [2.45, 2.75) is 32.7 Å². The SMILES string of the molecule is CCC[C@H](C)Nc1ccc([N+](=O)[O-])cc1C(=O)O. The zero-order valence-electron chi connectivity index (χ0n) is 10.3. The Labute approximate surface area is 105 Å². The molecule has 0 aliphatic rings. The van der Waals surface area contributed by atoms with Crippen LogP contribution in [-0.2, 0) is 0 Å². The molecule has 0 fully saturated rings. The van der Waals surface area contributed by atoms with E-state index in [1.807, 2.05) is 13.8 Å². The van der Waals surface area contributed by atoms with Gasteiger partial charge in [-0.1, -0.05) is 13.3 Å². The second-order valence-electron chi connectivity index (χ2n) is 4.13. The van der Waals surface area contributed by atoms with Gasteiger partial charge in [-0.3, -0.25) is 10.1 Å². The molecule has 0 aliphatic carbocycles. The van der Waals surface area contributed by atoms with Crippen molar-refractivity contribution < 1.29 is 14.8 Å². The number of rotatable bonds is 6. The van der Waals surface area contributed by atoms with Crippen LogP contribution >= 0.6 is 0 Å². The van der Waals surface area contributed by atoms with Crippen LogP contribution < -0.4 is 5.32 Å². The van der Waals surface area contributed by atoms with E-state index >= 15 is 0 Å². The minimum atomic E-state index is -1.18. The van der Waals surface area contributed by atoms with Crippen molar-refractivity contribution in [1.82, 2.24) is 0 Å². The van der Waals surface area contributed by atoms with Crippen molar-refractivity contribution >= 4 is 17.3 Å². The van der Waals surface area contributed by atoms with Crippen LogP contribution in [0.3, 0.4) is 0 Å². The molecule has 1 rings (SSSR count). The summed E-state index contributed by atoms with van der Waals surface area (Å²) in [6.45, 7) is 3.97. The fourth-order valence-corrected chi connectivity index (χ4v) is 1.72. The number of nitrogens with one attached hydrogen (secondary N) is 1. The van der Waals surface area contributed by atoms with Crippen molar-refractivity contribution in [1.29, 1.82) is 0 Å². The highest BCUT2D eigenvalue weighted by Gasteiger charge is 2.16. The van der Waals surface area contributed by atoms with Gasteiger partial charge in [0.05, 0.1) is 10.5 Å². The number of carboxylic acids is 1. The number of nitro benzene ring substituents is 1. The fourth-order valence-electron chi connectivity index (χ4n) is 1.72. The number of hydrogen-bond acceptors (Lipinski definition) is 4. The van der Waals surface area contributed by atoms with E-state index in [1.165, 1.54) is 12.1 Å². The zero-order chi connectivity index (χ0) is 13.7.